The van der Waals surface area contributed by atoms with Gasteiger partial charge in [0.1, 0.15) is 0 Å². The van der Waals surface area contributed by atoms with Gasteiger partial charge in [-0.25, -0.2) is 0 Å². The molecule has 4 nitrogen and oxygen atoms in total. The van der Waals surface area contributed by atoms with Crippen molar-refractivity contribution in [2.75, 3.05) is 11.1 Å². The molecule has 1 rings (SSSR count). The van der Waals surface area contributed by atoms with E-state index in [-0.39, 0.29) is 11.8 Å². The van der Waals surface area contributed by atoms with Gasteiger partial charge in [-0.15, -0.1) is 10.2 Å². The summed E-state index contributed by atoms with van der Waals surface area (Å²) in [4.78, 5) is 11.4. The van der Waals surface area contributed by atoms with Crippen molar-refractivity contribution in [3.63, 3.8) is 0 Å². The van der Waals surface area contributed by atoms with E-state index < -0.39 is 0 Å². The highest BCUT2D eigenvalue weighted by molar-refractivity contribution is 8.01. The minimum Gasteiger partial charge on any atom is -0.300 e. The van der Waals surface area contributed by atoms with E-state index in [1.807, 2.05) is 13.8 Å². The summed E-state index contributed by atoms with van der Waals surface area (Å²) in [5.74, 6) is 1.60. The molecule has 0 saturated heterocycles. The van der Waals surface area contributed by atoms with Gasteiger partial charge in [0.2, 0.25) is 11.0 Å². The predicted molar refractivity (Wildman–Crippen MR) is 68.9 cm³/mol. The Morgan fingerprint density at radius 3 is 2.62 bits per heavy atom. The fourth-order valence-corrected chi connectivity index (χ4v) is 2.54. The number of hydrogen-bond donors (Lipinski definition) is 1. The number of nitrogens with zero attached hydrogens (tertiary/aromatic N) is 2. The van der Waals surface area contributed by atoms with Gasteiger partial charge in [0.15, 0.2) is 4.34 Å². The van der Waals surface area contributed by atoms with E-state index in [1.165, 1.54) is 11.3 Å². The Morgan fingerprint density at radius 1 is 1.38 bits per heavy atom. The molecule has 0 aromatic carbocycles. The predicted octanol–water partition coefficient (Wildman–Crippen LogP) is 2.88. The maximum absolute atomic E-state index is 11.4. The number of thioether (sulfide) groups is 1. The molecule has 0 bridgehead atoms. The van der Waals surface area contributed by atoms with Crippen molar-refractivity contribution < 1.29 is 4.79 Å². The highest BCUT2D eigenvalue weighted by Crippen LogP contribution is 2.26. The minimum atomic E-state index is -0.0318. The van der Waals surface area contributed by atoms with Crippen LogP contribution in [0.2, 0.25) is 0 Å². The van der Waals surface area contributed by atoms with Gasteiger partial charge in [-0.1, -0.05) is 50.8 Å². The molecule has 0 radical (unpaired) electrons. The summed E-state index contributed by atoms with van der Waals surface area (Å²) < 4.78 is 0.910. The van der Waals surface area contributed by atoms with Crippen LogP contribution in [0, 0.1) is 11.8 Å². The number of hydrogen-bond acceptors (Lipinski definition) is 5. The number of amides is 1. The Hall–Kier alpha value is -0.620. The van der Waals surface area contributed by atoms with E-state index >= 15 is 0 Å². The van der Waals surface area contributed by atoms with Crippen LogP contribution in [-0.2, 0) is 4.79 Å². The molecule has 0 spiro atoms. The van der Waals surface area contributed by atoms with Crippen LogP contribution in [0.4, 0.5) is 5.13 Å². The molecular formula is C10H17N3OS2. The van der Waals surface area contributed by atoms with Crippen LogP contribution in [0.1, 0.15) is 27.7 Å². The molecule has 6 heteroatoms. The van der Waals surface area contributed by atoms with Crippen molar-refractivity contribution in [1.82, 2.24) is 10.2 Å². The van der Waals surface area contributed by atoms with Gasteiger partial charge in [-0.2, -0.15) is 0 Å². The first-order valence-electron chi connectivity index (χ1n) is 5.26. The second-order valence-corrected chi connectivity index (χ2v) is 6.47. The molecule has 16 heavy (non-hydrogen) atoms. The van der Waals surface area contributed by atoms with E-state index in [1.54, 1.807) is 11.8 Å². The van der Waals surface area contributed by atoms with Gasteiger partial charge >= 0.3 is 0 Å². The van der Waals surface area contributed by atoms with Gasteiger partial charge in [-0.3, -0.25) is 4.79 Å². The van der Waals surface area contributed by atoms with E-state index in [2.05, 4.69) is 29.4 Å². The Balaban J connectivity index is 2.48. The van der Waals surface area contributed by atoms with Gasteiger partial charge in [-0.05, 0) is 5.92 Å². The van der Waals surface area contributed by atoms with Gasteiger partial charge < -0.3 is 5.32 Å². The molecule has 90 valence electrons. The molecule has 1 amide bonds. The maximum atomic E-state index is 11.4. The van der Waals surface area contributed by atoms with Crippen molar-refractivity contribution in [2.24, 2.45) is 11.8 Å². The van der Waals surface area contributed by atoms with Crippen LogP contribution in [0.15, 0.2) is 4.34 Å². The smallest absolute Gasteiger partial charge is 0.228 e. The first kappa shape index (κ1) is 13.4. The zero-order chi connectivity index (χ0) is 12.1. The van der Waals surface area contributed by atoms with E-state index in [0.717, 1.165) is 10.1 Å². The Labute approximate surface area is 104 Å². The minimum absolute atomic E-state index is 0.0171. The van der Waals surface area contributed by atoms with Crippen LogP contribution in [-0.4, -0.2) is 21.9 Å². The highest BCUT2D eigenvalue weighted by Gasteiger charge is 2.11. The van der Waals surface area contributed by atoms with Crippen molar-refractivity contribution >= 4 is 34.1 Å². The molecule has 0 aliphatic heterocycles. The number of carbonyl (C=O) groups is 1. The molecule has 0 fully saturated rings. The van der Waals surface area contributed by atoms with Crippen molar-refractivity contribution in [3.05, 3.63) is 0 Å². The van der Waals surface area contributed by atoms with Gasteiger partial charge in [0.25, 0.3) is 0 Å². The lowest BCUT2D eigenvalue weighted by Gasteiger charge is -2.02. The van der Waals surface area contributed by atoms with E-state index in [0.29, 0.717) is 11.0 Å². The zero-order valence-electron chi connectivity index (χ0n) is 9.98. The summed E-state index contributed by atoms with van der Waals surface area (Å²) >= 11 is 3.11. The topological polar surface area (TPSA) is 54.9 Å². The molecule has 0 aliphatic carbocycles. The maximum Gasteiger partial charge on any atom is 0.228 e. The Bertz CT molecular complexity index is 350. The summed E-state index contributed by atoms with van der Waals surface area (Å²) in [7, 11) is 0. The van der Waals surface area contributed by atoms with Crippen LogP contribution >= 0.6 is 23.1 Å². The average molecular weight is 259 g/mol. The molecule has 0 unspecified atom stereocenters. The van der Waals surface area contributed by atoms with Gasteiger partial charge in [0.05, 0.1) is 0 Å². The zero-order valence-corrected chi connectivity index (χ0v) is 11.6. The summed E-state index contributed by atoms with van der Waals surface area (Å²) in [5.41, 5.74) is 0. The largest absolute Gasteiger partial charge is 0.300 e. The second kappa shape index (κ2) is 6.20. The summed E-state index contributed by atoms with van der Waals surface area (Å²) in [6.45, 7) is 8.03. The van der Waals surface area contributed by atoms with Crippen LogP contribution in [0.5, 0.6) is 0 Å². The number of rotatable bonds is 5. The first-order chi connectivity index (χ1) is 7.49. The summed E-state index contributed by atoms with van der Waals surface area (Å²) in [6.07, 6.45) is 0. The number of aromatic nitrogens is 2. The Kier molecular flexibility index (Phi) is 5.21. The highest BCUT2D eigenvalue weighted by atomic mass is 32.2. The second-order valence-electron chi connectivity index (χ2n) is 4.22. The van der Waals surface area contributed by atoms with Crippen LogP contribution < -0.4 is 5.32 Å². The normalized spacial score (nSPS) is 11.1. The summed E-state index contributed by atoms with van der Waals surface area (Å²) in [6, 6.07) is 0. The molecule has 0 saturated carbocycles. The molecular weight excluding hydrogens is 242 g/mol. The lowest BCUT2D eigenvalue weighted by molar-refractivity contribution is -0.118. The average Bonchev–Trinajstić information content (AvgIpc) is 2.62. The SMILES string of the molecule is CC(C)CSc1nnc(NC(=O)C(C)C)s1. The lowest BCUT2D eigenvalue weighted by atomic mass is 10.2. The molecule has 1 heterocycles. The van der Waals surface area contributed by atoms with Gasteiger partial charge in [0, 0.05) is 11.7 Å². The van der Waals surface area contributed by atoms with Crippen molar-refractivity contribution in [1.29, 1.82) is 0 Å². The fourth-order valence-electron chi connectivity index (χ4n) is 0.806. The molecule has 1 aromatic heterocycles. The molecule has 0 atom stereocenters. The van der Waals surface area contributed by atoms with Crippen LogP contribution in [0.3, 0.4) is 0 Å². The number of anilines is 1. The summed E-state index contributed by atoms with van der Waals surface area (Å²) in [5, 5.41) is 11.3. The third-order valence-electron chi connectivity index (χ3n) is 1.70. The van der Waals surface area contributed by atoms with Crippen molar-refractivity contribution in [3.8, 4) is 0 Å². The third kappa shape index (κ3) is 4.49. The first-order valence-corrected chi connectivity index (χ1v) is 7.06. The quantitative estimate of drug-likeness (QED) is 0.652. The van der Waals surface area contributed by atoms with E-state index in [4.69, 9.17) is 0 Å². The number of nitrogens with one attached hydrogen (secondary N) is 1. The van der Waals surface area contributed by atoms with Crippen molar-refractivity contribution in [2.45, 2.75) is 32.0 Å². The van der Waals surface area contributed by atoms with Crippen LogP contribution in [0.25, 0.3) is 0 Å². The lowest BCUT2D eigenvalue weighted by Crippen LogP contribution is -2.17. The monoisotopic (exact) mass is 259 g/mol. The standard InChI is InChI=1S/C10H17N3OS2/c1-6(2)5-15-10-13-12-9(16-10)11-8(14)7(3)4/h6-7H,5H2,1-4H3,(H,11,12,14). The molecule has 1 N–H and O–H groups in total. The Morgan fingerprint density at radius 2 is 2.06 bits per heavy atom. The molecule has 0 aliphatic rings. The number of carbonyl (C=O) groups excluding carboxylic acids is 1. The van der Waals surface area contributed by atoms with E-state index in [9.17, 15) is 4.79 Å². The fraction of sp³-hybridized carbons (Fsp3) is 0.700. The molecule has 1 aromatic rings. The third-order valence-corrected chi connectivity index (χ3v) is 4.10.